The lowest BCUT2D eigenvalue weighted by Crippen LogP contribution is -2.55. The van der Waals surface area contributed by atoms with Crippen molar-refractivity contribution in [1.82, 2.24) is 30.4 Å². The molecule has 0 amide bonds. The topological polar surface area (TPSA) is 151 Å². The third-order valence-corrected chi connectivity index (χ3v) is 5.97. The van der Waals surface area contributed by atoms with E-state index in [1.165, 1.54) is 23.1 Å². The maximum absolute atomic E-state index is 9.97. The molecule has 2 aromatic heterocycles. The van der Waals surface area contributed by atoms with Crippen molar-refractivity contribution in [3.05, 3.63) is 35.3 Å². The van der Waals surface area contributed by atoms with Crippen LogP contribution in [-0.4, -0.2) is 76.9 Å². The Morgan fingerprint density at radius 3 is 2.79 bits per heavy atom. The molecular weight excluding hydrogens is 406 g/mol. The van der Waals surface area contributed by atoms with E-state index in [-0.39, 0.29) is 6.61 Å². The summed E-state index contributed by atoms with van der Waals surface area (Å²) in [4.78, 5) is 0. The second-order valence-corrected chi connectivity index (χ2v) is 7.95. The van der Waals surface area contributed by atoms with Crippen LogP contribution < -0.4 is 5.32 Å². The van der Waals surface area contributed by atoms with Crippen molar-refractivity contribution in [2.24, 2.45) is 0 Å². The van der Waals surface area contributed by atoms with Gasteiger partial charge in [0.2, 0.25) is 10.3 Å². The van der Waals surface area contributed by atoms with Crippen LogP contribution in [-0.2, 0) is 10.5 Å². The molecule has 11 nitrogen and oxygen atoms in total. The number of para-hydroxylation sites is 1. The fourth-order valence-electron chi connectivity index (χ4n) is 2.55. The Bertz CT molecular complexity index is 909. The highest BCUT2D eigenvalue weighted by atomic mass is 32.2. The normalized spacial score (nSPS) is 25.0. The number of hydrogen-bond donors (Lipinski definition) is 4. The molecule has 1 aliphatic rings. The lowest BCUT2D eigenvalue weighted by Gasteiger charge is -2.35. The average molecular weight is 423 g/mol. The fraction of sp³-hybridized carbons (Fsp3) is 0.400. The van der Waals surface area contributed by atoms with Gasteiger partial charge in [-0.1, -0.05) is 41.3 Å². The van der Waals surface area contributed by atoms with Gasteiger partial charge in [0.1, 0.15) is 23.3 Å². The van der Waals surface area contributed by atoms with Gasteiger partial charge in [0.15, 0.2) is 6.23 Å². The summed E-state index contributed by atoms with van der Waals surface area (Å²) < 4.78 is 6.95. The first kappa shape index (κ1) is 19.2. The molecule has 0 unspecified atom stereocenters. The summed E-state index contributed by atoms with van der Waals surface area (Å²) >= 11 is 2.70. The minimum Gasteiger partial charge on any atom is -0.388 e. The molecule has 1 fully saturated rings. The lowest BCUT2D eigenvalue weighted by atomic mass is 10.0. The second kappa shape index (κ2) is 8.46. The molecule has 3 heterocycles. The molecule has 0 spiro atoms. The minimum absolute atomic E-state index is 0.0838. The highest BCUT2D eigenvalue weighted by Gasteiger charge is 2.37. The van der Waals surface area contributed by atoms with Crippen molar-refractivity contribution in [2.45, 2.75) is 35.4 Å². The van der Waals surface area contributed by atoms with Crippen molar-refractivity contribution in [1.29, 1.82) is 0 Å². The first-order chi connectivity index (χ1) is 13.6. The monoisotopic (exact) mass is 423 g/mol. The Balaban J connectivity index is 1.37. The van der Waals surface area contributed by atoms with Crippen LogP contribution in [0.3, 0.4) is 0 Å². The summed E-state index contributed by atoms with van der Waals surface area (Å²) in [6.07, 6.45) is -4.56. The van der Waals surface area contributed by atoms with E-state index < -0.39 is 24.5 Å². The molecule has 1 aliphatic heterocycles. The molecule has 148 valence electrons. The fourth-order valence-corrected chi connectivity index (χ4v) is 4.19. The number of anilines is 1. The first-order valence-corrected chi connectivity index (χ1v) is 10.1. The number of aromatic nitrogens is 6. The number of thioether (sulfide) groups is 1. The summed E-state index contributed by atoms with van der Waals surface area (Å²) in [5, 5.41) is 53.7. The van der Waals surface area contributed by atoms with Crippen LogP contribution in [0.25, 0.3) is 5.69 Å². The highest BCUT2D eigenvalue weighted by Crippen LogP contribution is 2.27. The standard InChI is InChI=1S/C15H17N7O4S2/c23-9-6-26-13(12(25)11(9)24)16-14-18-17-10(28-14)7-27-15-19-20-21-22(15)8-4-2-1-3-5-8/h1-5,9,11-13,23-25H,6-7H2,(H,16,18)/t9-,11+,12-,13-/m1/s1. The van der Waals surface area contributed by atoms with Crippen molar-refractivity contribution < 1.29 is 20.1 Å². The number of tetrazole rings is 1. The van der Waals surface area contributed by atoms with E-state index in [1.807, 2.05) is 30.3 Å². The second-order valence-electron chi connectivity index (χ2n) is 5.95. The predicted octanol–water partition coefficient (Wildman–Crippen LogP) is -0.343. The molecule has 3 aromatic rings. The quantitative estimate of drug-likeness (QED) is 0.385. The van der Waals surface area contributed by atoms with Gasteiger partial charge in [0, 0.05) is 0 Å². The zero-order valence-electron chi connectivity index (χ0n) is 14.4. The van der Waals surface area contributed by atoms with Crippen molar-refractivity contribution >= 4 is 28.2 Å². The maximum Gasteiger partial charge on any atom is 0.214 e. The molecule has 4 atom stereocenters. The van der Waals surface area contributed by atoms with Crippen LogP contribution in [0.5, 0.6) is 0 Å². The number of aliphatic hydroxyl groups excluding tert-OH is 3. The van der Waals surface area contributed by atoms with Crippen LogP contribution in [0.4, 0.5) is 5.13 Å². The van der Waals surface area contributed by atoms with E-state index in [1.54, 1.807) is 4.68 Å². The van der Waals surface area contributed by atoms with E-state index in [9.17, 15) is 15.3 Å². The minimum atomic E-state index is -1.29. The Labute approximate surface area is 167 Å². The maximum atomic E-state index is 9.97. The van der Waals surface area contributed by atoms with Crippen LogP contribution in [0.1, 0.15) is 5.01 Å². The van der Waals surface area contributed by atoms with Crippen LogP contribution in [0.2, 0.25) is 0 Å². The lowest BCUT2D eigenvalue weighted by molar-refractivity contribution is -0.178. The molecule has 0 bridgehead atoms. The van der Waals surface area contributed by atoms with Gasteiger partial charge in [-0.3, -0.25) is 0 Å². The number of nitrogens with zero attached hydrogens (tertiary/aromatic N) is 6. The van der Waals surface area contributed by atoms with Gasteiger partial charge in [0.05, 0.1) is 18.0 Å². The summed E-state index contributed by atoms with van der Waals surface area (Å²) in [6, 6.07) is 9.56. The number of aliphatic hydroxyl groups is 3. The largest absolute Gasteiger partial charge is 0.388 e. The van der Waals surface area contributed by atoms with Gasteiger partial charge in [-0.2, -0.15) is 4.68 Å². The Kier molecular flexibility index (Phi) is 5.79. The van der Waals surface area contributed by atoms with E-state index in [2.05, 4.69) is 31.0 Å². The molecule has 4 rings (SSSR count). The molecular formula is C15H17N7O4S2. The summed E-state index contributed by atoms with van der Waals surface area (Å²) in [5.41, 5.74) is 0.860. The van der Waals surface area contributed by atoms with Crippen molar-refractivity contribution in [3.8, 4) is 5.69 Å². The van der Waals surface area contributed by atoms with Gasteiger partial charge < -0.3 is 25.4 Å². The zero-order valence-corrected chi connectivity index (χ0v) is 16.0. The number of rotatable bonds is 6. The van der Waals surface area contributed by atoms with Gasteiger partial charge in [-0.15, -0.1) is 15.3 Å². The molecule has 0 radical (unpaired) electrons. The summed E-state index contributed by atoms with van der Waals surface area (Å²) in [7, 11) is 0. The third-order valence-electron chi connectivity index (χ3n) is 4.00. The molecule has 0 saturated carbocycles. The van der Waals surface area contributed by atoms with Crippen molar-refractivity contribution in [2.75, 3.05) is 11.9 Å². The van der Waals surface area contributed by atoms with Gasteiger partial charge >= 0.3 is 0 Å². The van der Waals surface area contributed by atoms with Crippen LogP contribution in [0.15, 0.2) is 35.5 Å². The Morgan fingerprint density at radius 1 is 1.14 bits per heavy atom. The molecule has 28 heavy (non-hydrogen) atoms. The highest BCUT2D eigenvalue weighted by molar-refractivity contribution is 7.98. The first-order valence-electron chi connectivity index (χ1n) is 8.33. The average Bonchev–Trinajstić information content (AvgIpc) is 3.37. The van der Waals surface area contributed by atoms with Crippen molar-refractivity contribution in [3.63, 3.8) is 0 Å². The Hall–Kier alpha value is -2.16. The number of ether oxygens (including phenoxy) is 1. The number of nitrogens with one attached hydrogen (secondary N) is 1. The smallest absolute Gasteiger partial charge is 0.214 e. The van der Waals surface area contributed by atoms with E-state index >= 15 is 0 Å². The summed E-state index contributed by atoms with van der Waals surface area (Å²) in [6.45, 7) is -0.0838. The number of benzene rings is 1. The van der Waals surface area contributed by atoms with E-state index in [0.29, 0.717) is 16.0 Å². The summed E-state index contributed by atoms with van der Waals surface area (Å²) in [5.74, 6) is 0.502. The van der Waals surface area contributed by atoms with E-state index in [0.717, 1.165) is 10.7 Å². The molecule has 13 heteroatoms. The molecule has 1 aromatic carbocycles. The van der Waals surface area contributed by atoms with Crippen LogP contribution in [0, 0.1) is 0 Å². The predicted molar refractivity (Wildman–Crippen MR) is 100 cm³/mol. The SMILES string of the molecule is O[C@@H]1[C@@H](O)[C@H](Nc2nnc(CSc3nnnn3-c3ccccc3)s2)OC[C@H]1O. The van der Waals surface area contributed by atoms with Gasteiger partial charge in [-0.25, -0.2) is 0 Å². The molecule has 1 saturated heterocycles. The van der Waals surface area contributed by atoms with E-state index in [4.69, 9.17) is 4.74 Å². The number of hydrogen-bond acceptors (Lipinski definition) is 12. The zero-order chi connectivity index (χ0) is 19.5. The molecule has 0 aliphatic carbocycles. The van der Waals surface area contributed by atoms with Gasteiger partial charge in [-0.05, 0) is 22.6 Å². The van der Waals surface area contributed by atoms with Gasteiger partial charge in [0.25, 0.3) is 0 Å². The Morgan fingerprint density at radius 2 is 1.96 bits per heavy atom. The van der Waals surface area contributed by atoms with Crippen LogP contribution >= 0.6 is 23.1 Å². The third kappa shape index (κ3) is 4.14. The molecule has 4 N–H and O–H groups in total.